The second kappa shape index (κ2) is 2.37. The zero-order valence-corrected chi connectivity index (χ0v) is 7.02. The standard InChI is InChI=1S/C4H8INS/c5-7(6)4-2-1-3-4/h4,7H,1-3H2. The predicted octanol–water partition coefficient (Wildman–Crippen LogP) is 2.37. The predicted molar refractivity (Wildman–Crippen MR) is 42.4 cm³/mol. The molecule has 0 aromatic heterocycles. The minimum absolute atomic E-state index is 0.605. The molecule has 1 atom stereocenters. The van der Waals surface area contributed by atoms with Crippen LogP contribution in [-0.2, 0) is 0 Å². The van der Waals surface area contributed by atoms with Crippen molar-refractivity contribution in [2.75, 3.05) is 0 Å². The van der Waals surface area contributed by atoms with Crippen LogP contribution in [0.4, 0.5) is 0 Å². The van der Waals surface area contributed by atoms with E-state index in [-0.39, 0.29) is 0 Å². The lowest BCUT2D eigenvalue weighted by Gasteiger charge is -2.21. The summed E-state index contributed by atoms with van der Waals surface area (Å²) in [6, 6.07) is 0. The zero-order chi connectivity index (χ0) is 5.28. The molecule has 0 aliphatic heterocycles. The average Bonchev–Trinajstić information content (AvgIpc) is 1.23. The maximum absolute atomic E-state index is 8.92. The summed E-state index contributed by atoms with van der Waals surface area (Å²) in [4.78, 5) is 0. The molecule has 0 aromatic carbocycles. The molecule has 0 heterocycles. The SMILES string of the molecule is N#[SH](I)C1CCC1. The Bertz CT molecular complexity index is 121. The van der Waals surface area contributed by atoms with Crippen LogP contribution in [0.1, 0.15) is 19.3 Å². The molecule has 1 aliphatic carbocycles. The van der Waals surface area contributed by atoms with E-state index in [0.29, 0.717) is 5.25 Å². The molecule has 0 amide bonds. The summed E-state index contributed by atoms with van der Waals surface area (Å²) in [7, 11) is -0.605. The minimum Gasteiger partial charge on any atom is -0.223 e. The highest BCUT2D eigenvalue weighted by atomic mass is 127. The number of nitrogens with zero attached hydrogens (tertiary/aromatic N) is 1. The molecule has 0 spiro atoms. The van der Waals surface area contributed by atoms with Crippen molar-refractivity contribution in [3.8, 4) is 0 Å². The van der Waals surface area contributed by atoms with E-state index in [2.05, 4.69) is 21.2 Å². The highest BCUT2D eigenvalue weighted by molar-refractivity contribution is 14.2. The summed E-state index contributed by atoms with van der Waals surface area (Å²) in [6.45, 7) is 0. The van der Waals surface area contributed by atoms with Crippen LogP contribution in [0.5, 0.6) is 0 Å². The van der Waals surface area contributed by atoms with Gasteiger partial charge in [0, 0.05) is 26.5 Å². The topological polar surface area (TPSA) is 23.8 Å². The fraction of sp³-hybridized carbons (Fsp3) is 1.00. The molecular weight excluding hydrogens is 221 g/mol. The van der Waals surface area contributed by atoms with Crippen LogP contribution in [0.2, 0.25) is 0 Å². The number of rotatable bonds is 0. The van der Waals surface area contributed by atoms with Gasteiger partial charge in [0.1, 0.15) is 0 Å². The van der Waals surface area contributed by atoms with E-state index in [1.165, 1.54) is 19.3 Å². The van der Waals surface area contributed by atoms with Crippen molar-refractivity contribution in [2.24, 2.45) is 0 Å². The Balaban J connectivity index is 2.31. The molecule has 7 heavy (non-hydrogen) atoms. The highest BCUT2D eigenvalue weighted by Gasteiger charge is 2.18. The lowest BCUT2D eigenvalue weighted by molar-refractivity contribution is 0.523. The lowest BCUT2D eigenvalue weighted by atomic mass is 10.0. The highest BCUT2D eigenvalue weighted by Crippen LogP contribution is 2.38. The summed E-state index contributed by atoms with van der Waals surface area (Å²) >= 11 is 2.14. The summed E-state index contributed by atoms with van der Waals surface area (Å²) in [5.74, 6) is 0. The van der Waals surface area contributed by atoms with Crippen LogP contribution in [0.25, 0.3) is 0 Å². The van der Waals surface area contributed by atoms with Crippen molar-refractivity contribution in [1.82, 2.24) is 0 Å². The van der Waals surface area contributed by atoms with Gasteiger partial charge in [0.2, 0.25) is 0 Å². The number of thiol groups is 1. The van der Waals surface area contributed by atoms with Gasteiger partial charge < -0.3 is 0 Å². The molecule has 0 N–H and O–H groups in total. The third kappa shape index (κ3) is 1.34. The molecule has 3 heteroatoms. The van der Waals surface area contributed by atoms with E-state index < -0.39 is 7.70 Å². The zero-order valence-electron chi connectivity index (χ0n) is 3.97. The van der Waals surface area contributed by atoms with E-state index in [1.807, 2.05) is 0 Å². The van der Waals surface area contributed by atoms with Gasteiger partial charge in [0.05, 0.1) is 0 Å². The Hall–Kier alpha value is 0.790. The van der Waals surface area contributed by atoms with Gasteiger partial charge in [-0.25, -0.2) is 4.61 Å². The first-order valence-electron chi connectivity index (χ1n) is 2.44. The van der Waals surface area contributed by atoms with Crippen LogP contribution < -0.4 is 0 Å². The van der Waals surface area contributed by atoms with Crippen molar-refractivity contribution < 1.29 is 0 Å². The molecule has 0 bridgehead atoms. The van der Waals surface area contributed by atoms with Gasteiger partial charge >= 0.3 is 0 Å². The molecule has 1 rings (SSSR count). The van der Waals surface area contributed by atoms with E-state index in [4.69, 9.17) is 4.61 Å². The van der Waals surface area contributed by atoms with Gasteiger partial charge in [-0.05, 0) is 20.5 Å². The molecule has 1 saturated carbocycles. The van der Waals surface area contributed by atoms with Gasteiger partial charge in [0.15, 0.2) is 0 Å². The van der Waals surface area contributed by atoms with Gasteiger partial charge in [-0.3, -0.25) is 0 Å². The third-order valence-corrected chi connectivity index (χ3v) is 4.86. The van der Waals surface area contributed by atoms with Gasteiger partial charge in [0.25, 0.3) is 0 Å². The Morgan fingerprint density at radius 3 is 2.14 bits per heavy atom. The molecule has 1 fully saturated rings. The summed E-state index contributed by atoms with van der Waals surface area (Å²) < 4.78 is 8.92. The Kier molecular flexibility index (Phi) is 2.01. The molecule has 0 radical (unpaired) electrons. The molecule has 1 aliphatic rings. The molecule has 0 aromatic rings. The van der Waals surface area contributed by atoms with Gasteiger partial charge in [-0.15, -0.1) is 0 Å². The lowest BCUT2D eigenvalue weighted by Crippen LogP contribution is -2.11. The first-order chi connectivity index (χ1) is 3.30. The normalized spacial score (nSPS) is 26.3. The average molecular weight is 229 g/mol. The summed E-state index contributed by atoms with van der Waals surface area (Å²) in [5.41, 5.74) is 0. The fourth-order valence-corrected chi connectivity index (χ4v) is 3.06. The van der Waals surface area contributed by atoms with Crippen LogP contribution >= 0.6 is 28.9 Å². The van der Waals surface area contributed by atoms with Gasteiger partial charge in [-0.1, -0.05) is 6.42 Å². The van der Waals surface area contributed by atoms with Crippen LogP contribution in [0.3, 0.4) is 0 Å². The van der Waals surface area contributed by atoms with E-state index in [9.17, 15) is 0 Å². The molecule has 1 unspecified atom stereocenters. The fourth-order valence-electron chi connectivity index (χ4n) is 0.600. The second-order valence-corrected chi connectivity index (χ2v) is 6.15. The number of hydrogen-bond donors (Lipinski definition) is 1. The van der Waals surface area contributed by atoms with Crippen LogP contribution in [0, 0.1) is 4.61 Å². The van der Waals surface area contributed by atoms with Gasteiger partial charge in [-0.2, -0.15) is 0 Å². The maximum atomic E-state index is 8.92. The Morgan fingerprint density at radius 1 is 1.57 bits per heavy atom. The minimum atomic E-state index is -0.605. The smallest absolute Gasteiger partial charge is 0.0255 e. The van der Waals surface area contributed by atoms with Crippen molar-refractivity contribution in [3.63, 3.8) is 0 Å². The summed E-state index contributed by atoms with van der Waals surface area (Å²) in [6.07, 6.45) is 3.88. The molecular formula is C4H8INS. The van der Waals surface area contributed by atoms with E-state index in [1.54, 1.807) is 0 Å². The Morgan fingerprint density at radius 2 is 2.14 bits per heavy atom. The van der Waals surface area contributed by atoms with Crippen LogP contribution in [0.15, 0.2) is 0 Å². The second-order valence-electron chi connectivity index (χ2n) is 1.87. The number of halogens is 1. The maximum Gasteiger partial charge on any atom is 0.0255 e. The molecule has 42 valence electrons. The summed E-state index contributed by atoms with van der Waals surface area (Å²) in [5, 5.41) is 0.690. The van der Waals surface area contributed by atoms with E-state index in [0.717, 1.165) is 0 Å². The largest absolute Gasteiger partial charge is 0.223 e. The van der Waals surface area contributed by atoms with Crippen molar-refractivity contribution in [1.29, 1.82) is 4.61 Å². The van der Waals surface area contributed by atoms with Crippen molar-refractivity contribution in [2.45, 2.75) is 24.5 Å². The quantitative estimate of drug-likeness (QED) is 0.500. The van der Waals surface area contributed by atoms with E-state index >= 15 is 0 Å². The van der Waals surface area contributed by atoms with Crippen molar-refractivity contribution in [3.05, 3.63) is 0 Å². The monoisotopic (exact) mass is 229 g/mol. The first-order valence-corrected chi connectivity index (χ1v) is 6.59. The first kappa shape index (κ1) is 5.92. The van der Waals surface area contributed by atoms with Crippen LogP contribution in [-0.4, -0.2) is 5.25 Å². The molecule has 0 saturated heterocycles. The number of hydrogen-bond acceptors (Lipinski definition) is 1. The molecule has 1 nitrogen and oxygen atoms in total. The Labute approximate surface area is 58.0 Å². The third-order valence-electron chi connectivity index (χ3n) is 1.38. The van der Waals surface area contributed by atoms with Crippen molar-refractivity contribution >= 4 is 28.9 Å².